The molecule has 0 bridgehead atoms. The molecule has 0 radical (unpaired) electrons. The number of ether oxygens (including phenoxy) is 1. The van der Waals surface area contributed by atoms with Crippen molar-refractivity contribution < 1.29 is 14.1 Å². The van der Waals surface area contributed by atoms with Gasteiger partial charge in [0.05, 0.1) is 11.0 Å². The molecule has 0 heterocycles. The standard InChI is InChI=1S/C15H15FN2O3/c1-9-6-15(13(10(2)17)8-14(9)16)21-12-5-3-4-11(7-12)18(19)20/h3-8,10H,17H2,1-2H3/t10-/m1/s1. The highest BCUT2D eigenvalue weighted by atomic mass is 19.1. The van der Waals surface area contributed by atoms with Gasteiger partial charge in [-0.15, -0.1) is 0 Å². The summed E-state index contributed by atoms with van der Waals surface area (Å²) in [5.74, 6) is 0.329. The smallest absolute Gasteiger partial charge is 0.273 e. The summed E-state index contributed by atoms with van der Waals surface area (Å²) in [6.07, 6.45) is 0. The fraction of sp³-hybridized carbons (Fsp3) is 0.200. The Morgan fingerprint density at radius 1 is 1.33 bits per heavy atom. The molecular weight excluding hydrogens is 275 g/mol. The second-order valence-electron chi connectivity index (χ2n) is 4.78. The van der Waals surface area contributed by atoms with Crippen molar-refractivity contribution in [2.75, 3.05) is 0 Å². The fourth-order valence-electron chi connectivity index (χ4n) is 1.90. The highest BCUT2D eigenvalue weighted by Crippen LogP contribution is 2.32. The lowest BCUT2D eigenvalue weighted by Crippen LogP contribution is -2.08. The molecule has 0 saturated heterocycles. The molecular formula is C15H15FN2O3. The molecule has 2 N–H and O–H groups in total. The molecule has 2 rings (SSSR count). The van der Waals surface area contributed by atoms with E-state index in [4.69, 9.17) is 10.5 Å². The summed E-state index contributed by atoms with van der Waals surface area (Å²) in [4.78, 5) is 10.3. The number of rotatable bonds is 4. The lowest BCUT2D eigenvalue weighted by atomic mass is 10.1. The van der Waals surface area contributed by atoms with Gasteiger partial charge < -0.3 is 10.5 Å². The number of hydrogen-bond donors (Lipinski definition) is 1. The molecule has 0 aromatic heterocycles. The van der Waals surface area contributed by atoms with Crippen LogP contribution >= 0.6 is 0 Å². The topological polar surface area (TPSA) is 78.4 Å². The van der Waals surface area contributed by atoms with Gasteiger partial charge >= 0.3 is 0 Å². The van der Waals surface area contributed by atoms with Gasteiger partial charge in [0.15, 0.2) is 0 Å². The summed E-state index contributed by atoms with van der Waals surface area (Å²) in [6.45, 7) is 3.32. The first kappa shape index (κ1) is 14.9. The lowest BCUT2D eigenvalue weighted by molar-refractivity contribution is -0.384. The predicted molar refractivity (Wildman–Crippen MR) is 76.9 cm³/mol. The van der Waals surface area contributed by atoms with Crippen LogP contribution in [0.15, 0.2) is 36.4 Å². The molecule has 0 amide bonds. The molecule has 0 fully saturated rings. The van der Waals surface area contributed by atoms with E-state index in [2.05, 4.69) is 0 Å². The van der Waals surface area contributed by atoms with Gasteiger partial charge in [-0.2, -0.15) is 0 Å². The summed E-state index contributed by atoms with van der Waals surface area (Å²) < 4.78 is 19.3. The zero-order valence-electron chi connectivity index (χ0n) is 11.7. The predicted octanol–water partition coefficient (Wildman–Crippen LogP) is 3.85. The number of non-ortho nitro benzene ring substituents is 1. The third-order valence-electron chi connectivity index (χ3n) is 3.04. The first-order valence-electron chi connectivity index (χ1n) is 6.36. The monoisotopic (exact) mass is 290 g/mol. The van der Waals surface area contributed by atoms with E-state index in [9.17, 15) is 14.5 Å². The summed E-state index contributed by atoms with van der Waals surface area (Å²) in [7, 11) is 0. The number of halogens is 1. The van der Waals surface area contributed by atoms with Gasteiger partial charge in [-0.25, -0.2) is 4.39 Å². The van der Waals surface area contributed by atoms with E-state index in [-0.39, 0.29) is 11.5 Å². The van der Waals surface area contributed by atoms with Crippen molar-refractivity contribution in [2.45, 2.75) is 19.9 Å². The van der Waals surface area contributed by atoms with Crippen LogP contribution in [0.4, 0.5) is 10.1 Å². The van der Waals surface area contributed by atoms with Crippen LogP contribution in [0.2, 0.25) is 0 Å². The molecule has 2 aromatic rings. The highest BCUT2D eigenvalue weighted by Gasteiger charge is 2.14. The first-order valence-corrected chi connectivity index (χ1v) is 6.36. The van der Waals surface area contributed by atoms with Crippen molar-refractivity contribution in [1.82, 2.24) is 0 Å². The molecule has 2 aromatic carbocycles. The molecule has 6 heteroatoms. The Morgan fingerprint density at radius 2 is 2.05 bits per heavy atom. The Morgan fingerprint density at radius 3 is 2.67 bits per heavy atom. The van der Waals surface area contributed by atoms with E-state index in [0.717, 1.165) is 0 Å². The van der Waals surface area contributed by atoms with Crippen LogP contribution in [0.1, 0.15) is 24.1 Å². The molecule has 0 aliphatic carbocycles. The number of nitro groups is 1. The number of hydrogen-bond acceptors (Lipinski definition) is 4. The Labute approximate surface area is 121 Å². The molecule has 0 aliphatic heterocycles. The zero-order chi connectivity index (χ0) is 15.6. The van der Waals surface area contributed by atoms with E-state index >= 15 is 0 Å². The van der Waals surface area contributed by atoms with E-state index < -0.39 is 11.0 Å². The molecule has 1 atom stereocenters. The second kappa shape index (κ2) is 5.88. The van der Waals surface area contributed by atoms with E-state index in [1.54, 1.807) is 19.9 Å². The number of nitrogens with zero attached hydrogens (tertiary/aromatic N) is 1. The Bertz CT molecular complexity index is 687. The van der Waals surface area contributed by atoms with Crippen molar-refractivity contribution in [1.29, 1.82) is 0 Å². The second-order valence-corrected chi connectivity index (χ2v) is 4.78. The van der Waals surface area contributed by atoms with Gasteiger partial charge in [-0.05, 0) is 37.6 Å². The summed E-state index contributed by atoms with van der Waals surface area (Å²) in [5.41, 5.74) is 6.66. The van der Waals surface area contributed by atoms with Crippen molar-refractivity contribution in [2.24, 2.45) is 5.73 Å². The number of benzene rings is 2. The first-order chi connectivity index (χ1) is 9.88. The third-order valence-corrected chi connectivity index (χ3v) is 3.04. The van der Waals surface area contributed by atoms with Crippen molar-refractivity contribution in [3.8, 4) is 11.5 Å². The Kier molecular flexibility index (Phi) is 4.18. The largest absolute Gasteiger partial charge is 0.457 e. The van der Waals surface area contributed by atoms with E-state index in [1.165, 1.54) is 30.3 Å². The molecule has 0 saturated carbocycles. The molecule has 21 heavy (non-hydrogen) atoms. The highest BCUT2D eigenvalue weighted by molar-refractivity contribution is 5.45. The number of nitrogens with two attached hydrogens (primary N) is 1. The van der Waals surface area contributed by atoms with Gasteiger partial charge in [0, 0.05) is 17.7 Å². The van der Waals surface area contributed by atoms with Crippen LogP contribution in [-0.2, 0) is 0 Å². The maximum Gasteiger partial charge on any atom is 0.273 e. The van der Waals surface area contributed by atoms with Crippen LogP contribution in [0.3, 0.4) is 0 Å². The average Bonchev–Trinajstić information content (AvgIpc) is 2.42. The van der Waals surface area contributed by atoms with Gasteiger partial charge in [0.1, 0.15) is 17.3 Å². The van der Waals surface area contributed by atoms with Crippen LogP contribution in [0, 0.1) is 22.9 Å². The maximum absolute atomic E-state index is 13.6. The van der Waals surface area contributed by atoms with Crippen LogP contribution in [0.25, 0.3) is 0 Å². The minimum Gasteiger partial charge on any atom is -0.457 e. The molecule has 0 spiro atoms. The van der Waals surface area contributed by atoms with Crippen molar-refractivity contribution >= 4 is 5.69 Å². The van der Waals surface area contributed by atoms with Crippen molar-refractivity contribution in [3.63, 3.8) is 0 Å². The SMILES string of the molecule is Cc1cc(Oc2cccc([N+](=O)[O-])c2)c([C@@H](C)N)cc1F. The van der Waals surface area contributed by atoms with Gasteiger partial charge in [-0.3, -0.25) is 10.1 Å². The molecule has 0 unspecified atom stereocenters. The van der Waals surface area contributed by atoms with Crippen LogP contribution in [-0.4, -0.2) is 4.92 Å². The van der Waals surface area contributed by atoms with E-state index in [1.807, 2.05) is 0 Å². The van der Waals surface area contributed by atoms with Crippen molar-refractivity contribution in [3.05, 3.63) is 63.5 Å². The Balaban J connectivity index is 2.41. The molecule has 0 aliphatic rings. The molecule has 5 nitrogen and oxygen atoms in total. The van der Waals surface area contributed by atoms with Gasteiger partial charge in [0.25, 0.3) is 5.69 Å². The van der Waals surface area contributed by atoms with Gasteiger partial charge in [0.2, 0.25) is 0 Å². The summed E-state index contributed by atoms with van der Waals surface area (Å²) in [6, 6.07) is 8.23. The summed E-state index contributed by atoms with van der Waals surface area (Å²) in [5, 5.41) is 10.8. The van der Waals surface area contributed by atoms with E-state index in [0.29, 0.717) is 22.6 Å². The number of nitro benzene ring substituents is 1. The summed E-state index contributed by atoms with van der Waals surface area (Å²) >= 11 is 0. The minimum absolute atomic E-state index is 0.0753. The minimum atomic E-state index is -0.505. The maximum atomic E-state index is 13.6. The van der Waals surface area contributed by atoms with Gasteiger partial charge in [-0.1, -0.05) is 6.07 Å². The van der Waals surface area contributed by atoms with Crippen LogP contribution < -0.4 is 10.5 Å². The fourth-order valence-corrected chi connectivity index (χ4v) is 1.90. The lowest BCUT2D eigenvalue weighted by Gasteiger charge is -2.15. The Hall–Kier alpha value is -2.47. The zero-order valence-corrected chi connectivity index (χ0v) is 11.7. The normalized spacial score (nSPS) is 12.0. The average molecular weight is 290 g/mol. The third kappa shape index (κ3) is 3.35. The molecule has 110 valence electrons. The quantitative estimate of drug-likeness (QED) is 0.685. The number of aryl methyl sites for hydroxylation is 1. The van der Waals surface area contributed by atoms with Crippen LogP contribution in [0.5, 0.6) is 11.5 Å².